The molecule has 25 heavy (non-hydrogen) atoms. The topological polar surface area (TPSA) is 23.6 Å². The van der Waals surface area contributed by atoms with Gasteiger partial charge in [0.25, 0.3) is 0 Å². The number of amides is 1. The average molecular weight is 359 g/mol. The van der Waals surface area contributed by atoms with Gasteiger partial charge in [-0.15, -0.1) is 0 Å². The predicted octanol–water partition coefficient (Wildman–Crippen LogP) is 4.15. The molecule has 0 aromatic heterocycles. The first kappa shape index (κ1) is 17.5. The fourth-order valence-corrected chi connectivity index (χ4v) is 3.01. The minimum Gasteiger partial charge on any atom is -0.368 e. The molecule has 1 fully saturated rings. The summed E-state index contributed by atoms with van der Waals surface area (Å²) >= 11 is 6.10. The SMILES string of the molecule is Cc1ccc(/C=C/C(=O)N2CCN(c3ccc(F)cc3)CC2)cc1Cl. The Kier molecular flexibility index (Phi) is 5.39. The molecule has 0 spiro atoms. The van der Waals surface area contributed by atoms with Gasteiger partial charge in [0, 0.05) is 43.0 Å². The fourth-order valence-electron chi connectivity index (χ4n) is 2.82. The fraction of sp³-hybridized carbons (Fsp3) is 0.250. The van der Waals surface area contributed by atoms with Crippen molar-refractivity contribution in [2.75, 3.05) is 31.1 Å². The molecule has 1 aliphatic rings. The molecule has 3 nitrogen and oxygen atoms in total. The number of nitrogens with zero attached hydrogens (tertiary/aromatic N) is 2. The van der Waals surface area contributed by atoms with Crippen molar-refractivity contribution in [1.82, 2.24) is 4.90 Å². The van der Waals surface area contributed by atoms with Crippen LogP contribution in [0.3, 0.4) is 0 Å². The molecule has 1 saturated heterocycles. The van der Waals surface area contributed by atoms with E-state index in [1.54, 1.807) is 24.3 Å². The lowest BCUT2D eigenvalue weighted by Crippen LogP contribution is -2.48. The van der Waals surface area contributed by atoms with Crippen LogP contribution in [0.1, 0.15) is 11.1 Å². The third-order valence-electron chi connectivity index (χ3n) is 4.40. The van der Waals surface area contributed by atoms with E-state index < -0.39 is 0 Å². The molecule has 2 aromatic carbocycles. The molecule has 0 bridgehead atoms. The average Bonchev–Trinajstić information content (AvgIpc) is 2.63. The van der Waals surface area contributed by atoms with Crippen LogP contribution in [0.4, 0.5) is 10.1 Å². The number of rotatable bonds is 3. The maximum Gasteiger partial charge on any atom is 0.246 e. The standard InChI is InChI=1S/C20H20ClFN2O/c1-15-2-3-16(14-19(15)21)4-9-20(25)24-12-10-23(11-13-24)18-7-5-17(22)6-8-18/h2-9,14H,10-13H2,1H3/b9-4+. The Morgan fingerprint density at radius 1 is 1.08 bits per heavy atom. The Hall–Kier alpha value is -2.33. The largest absolute Gasteiger partial charge is 0.368 e. The molecular weight excluding hydrogens is 339 g/mol. The minimum absolute atomic E-state index is 0.00421. The Labute approximate surface area is 152 Å². The predicted molar refractivity (Wildman–Crippen MR) is 100 cm³/mol. The molecule has 1 aliphatic heterocycles. The number of hydrogen-bond acceptors (Lipinski definition) is 2. The number of aryl methyl sites for hydroxylation is 1. The van der Waals surface area contributed by atoms with E-state index in [4.69, 9.17) is 11.6 Å². The molecular formula is C20H20ClFN2O. The van der Waals surface area contributed by atoms with Gasteiger partial charge in [-0.25, -0.2) is 4.39 Å². The zero-order valence-corrected chi connectivity index (χ0v) is 14.8. The molecule has 5 heteroatoms. The van der Waals surface area contributed by atoms with Crippen molar-refractivity contribution in [1.29, 1.82) is 0 Å². The summed E-state index contributed by atoms with van der Waals surface area (Å²) in [4.78, 5) is 16.3. The molecule has 1 amide bonds. The van der Waals surface area contributed by atoms with Gasteiger partial charge in [-0.3, -0.25) is 4.79 Å². The van der Waals surface area contributed by atoms with Gasteiger partial charge in [0.1, 0.15) is 5.82 Å². The zero-order valence-electron chi connectivity index (χ0n) is 14.1. The summed E-state index contributed by atoms with van der Waals surface area (Å²) < 4.78 is 13.0. The van der Waals surface area contributed by atoms with Crippen molar-refractivity contribution in [3.05, 3.63) is 70.5 Å². The smallest absolute Gasteiger partial charge is 0.246 e. The van der Waals surface area contributed by atoms with Crippen molar-refractivity contribution in [2.24, 2.45) is 0 Å². The second-order valence-electron chi connectivity index (χ2n) is 6.13. The summed E-state index contributed by atoms with van der Waals surface area (Å²) in [6.45, 7) is 4.72. The van der Waals surface area contributed by atoms with Crippen LogP contribution in [0.2, 0.25) is 5.02 Å². The normalized spacial score (nSPS) is 15.0. The van der Waals surface area contributed by atoms with E-state index in [0.717, 1.165) is 29.9 Å². The zero-order chi connectivity index (χ0) is 17.8. The van der Waals surface area contributed by atoms with E-state index in [9.17, 15) is 9.18 Å². The van der Waals surface area contributed by atoms with E-state index in [1.165, 1.54) is 12.1 Å². The van der Waals surface area contributed by atoms with E-state index in [0.29, 0.717) is 18.1 Å². The summed E-state index contributed by atoms with van der Waals surface area (Å²) in [6.07, 6.45) is 3.38. The van der Waals surface area contributed by atoms with Gasteiger partial charge >= 0.3 is 0 Å². The Morgan fingerprint density at radius 2 is 1.76 bits per heavy atom. The first-order valence-electron chi connectivity index (χ1n) is 8.26. The highest BCUT2D eigenvalue weighted by atomic mass is 35.5. The van der Waals surface area contributed by atoms with E-state index in [2.05, 4.69) is 4.90 Å². The first-order valence-corrected chi connectivity index (χ1v) is 8.64. The highest BCUT2D eigenvalue weighted by Crippen LogP contribution is 2.19. The summed E-state index contributed by atoms with van der Waals surface area (Å²) in [7, 11) is 0. The molecule has 0 radical (unpaired) electrons. The molecule has 3 rings (SSSR count). The van der Waals surface area contributed by atoms with Gasteiger partial charge in [-0.05, 0) is 54.5 Å². The number of carbonyl (C=O) groups is 1. The number of anilines is 1. The van der Waals surface area contributed by atoms with E-state index in [-0.39, 0.29) is 11.7 Å². The quantitative estimate of drug-likeness (QED) is 0.769. The second kappa shape index (κ2) is 7.70. The summed E-state index contributed by atoms with van der Waals surface area (Å²) in [6, 6.07) is 12.2. The van der Waals surface area contributed by atoms with Crippen molar-refractivity contribution < 1.29 is 9.18 Å². The van der Waals surface area contributed by atoms with Crippen LogP contribution in [-0.2, 0) is 4.79 Å². The third kappa shape index (κ3) is 4.40. The Bertz CT molecular complexity index is 781. The molecule has 0 atom stereocenters. The summed E-state index contributed by atoms with van der Waals surface area (Å²) in [5.41, 5.74) is 2.91. The van der Waals surface area contributed by atoms with Crippen LogP contribution in [0.15, 0.2) is 48.5 Å². The van der Waals surface area contributed by atoms with Gasteiger partial charge in [-0.1, -0.05) is 23.7 Å². The van der Waals surface area contributed by atoms with E-state index >= 15 is 0 Å². The van der Waals surface area contributed by atoms with Crippen LogP contribution in [-0.4, -0.2) is 37.0 Å². The van der Waals surface area contributed by atoms with Gasteiger partial charge in [-0.2, -0.15) is 0 Å². The maximum absolute atomic E-state index is 13.0. The summed E-state index contributed by atoms with van der Waals surface area (Å²) in [5, 5.41) is 0.697. The van der Waals surface area contributed by atoms with Gasteiger partial charge < -0.3 is 9.80 Å². The van der Waals surface area contributed by atoms with Crippen LogP contribution < -0.4 is 4.90 Å². The van der Waals surface area contributed by atoms with Crippen LogP contribution in [0, 0.1) is 12.7 Å². The van der Waals surface area contributed by atoms with Crippen molar-refractivity contribution in [2.45, 2.75) is 6.92 Å². The van der Waals surface area contributed by atoms with Crippen molar-refractivity contribution in [3.63, 3.8) is 0 Å². The molecule has 0 N–H and O–H groups in total. The van der Waals surface area contributed by atoms with Gasteiger partial charge in [0.05, 0.1) is 0 Å². The molecule has 0 unspecified atom stereocenters. The summed E-state index contributed by atoms with van der Waals surface area (Å²) in [5.74, 6) is -0.241. The van der Waals surface area contributed by atoms with Crippen LogP contribution in [0.5, 0.6) is 0 Å². The molecule has 2 aromatic rings. The van der Waals surface area contributed by atoms with Gasteiger partial charge in [0.2, 0.25) is 5.91 Å². The van der Waals surface area contributed by atoms with E-state index in [1.807, 2.05) is 30.0 Å². The molecule has 1 heterocycles. The number of piperazine rings is 1. The number of carbonyl (C=O) groups excluding carboxylic acids is 1. The monoisotopic (exact) mass is 358 g/mol. The Morgan fingerprint density at radius 3 is 2.40 bits per heavy atom. The minimum atomic E-state index is -0.237. The first-order chi connectivity index (χ1) is 12.0. The molecule has 130 valence electrons. The van der Waals surface area contributed by atoms with Gasteiger partial charge in [0.15, 0.2) is 0 Å². The lowest BCUT2D eigenvalue weighted by atomic mass is 10.1. The lowest BCUT2D eigenvalue weighted by molar-refractivity contribution is -0.126. The maximum atomic E-state index is 13.0. The van der Waals surface area contributed by atoms with Crippen molar-refractivity contribution >= 4 is 29.3 Å². The van der Waals surface area contributed by atoms with Crippen LogP contribution >= 0.6 is 11.6 Å². The highest BCUT2D eigenvalue weighted by molar-refractivity contribution is 6.31. The molecule has 0 saturated carbocycles. The lowest BCUT2D eigenvalue weighted by Gasteiger charge is -2.35. The number of benzene rings is 2. The Balaban J connectivity index is 1.56. The number of halogens is 2. The number of hydrogen-bond donors (Lipinski definition) is 0. The third-order valence-corrected chi connectivity index (χ3v) is 4.80. The van der Waals surface area contributed by atoms with Crippen molar-refractivity contribution in [3.8, 4) is 0 Å². The molecule has 0 aliphatic carbocycles. The van der Waals surface area contributed by atoms with Crippen LogP contribution in [0.25, 0.3) is 6.08 Å². The highest BCUT2D eigenvalue weighted by Gasteiger charge is 2.19. The second-order valence-corrected chi connectivity index (χ2v) is 6.54.